The molecule has 1 heterocycles. The van der Waals surface area contributed by atoms with Crippen molar-refractivity contribution in [1.82, 2.24) is 10.2 Å². The van der Waals surface area contributed by atoms with E-state index in [0.717, 1.165) is 19.4 Å². The molecule has 22 heavy (non-hydrogen) atoms. The van der Waals surface area contributed by atoms with Crippen LogP contribution in [0.15, 0.2) is 22.7 Å². The second-order valence-corrected chi connectivity index (χ2v) is 6.88. The molecule has 3 nitrogen and oxygen atoms in total. The van der Waals surface area contributed by atoms with Gasteiger partial charge in [0.05, 0.1) is 5.56 Å². The molecule has 2 rings (SSSR count). The SMILES string of the molecule is C[C@@H]1CCCCN1CCCCNC(=O)c1cc(Br)ccc1F. The first kappa shape index (κ1) is 17.4. The Kier molecular flexibility index (Phi) is 6.83. The molecule has 0 unspecified atom stereocenters. The van der Waals surface area contributed by atoms with Crippen LogP contribution in [0.25, 0.3) is 0 Å². The third kappa shape index (κ3) is 5.06. The molecule has 1 fully saturated rings. The molecule has 1 aliphatic heterocycles. The van der Waals surface area contributed by atoms with E-state index in [-0.39, 0.29) is 11.5 Å². The minimum Gasteiger partial charge on any atom is -0.352 e. The van der Waals surface area contributed by atoms with E-state index in [1.54, 1.807) is 6.07 Å². The number of hydrogen-bond donors (Lipinski definition) is 1. The number of piperidine rings is 1. The van der Waals surface area contributed by atoms with Crippen LogP contribution >= 0.6 is 15.9 Å². The van der Waals surface area contributed by atoms with Gasteiger partial charge in [-0.15, -0.1) is 0 Å². The van der Waals surface area contributed by atoms with E-state index in [0.29, 0.717) is 17.1 Å². The van der Waals surface area contributed by atoms with E-state index in [1.807, 2.05) is 0 Å². The summed E-state index contributed by atoms with van der Waals surface area (Å²) in [5, 5.41) is 2.80. The molecule has 5 heteroatoms. The maximum Gasteiger partial charge on any atom is 0.254 e. The van der Waals surface area contributed by atoms with Crippen molar-refractivity contribution in [3.8, 4) is 0 Å². The number of carbonyl (C=O) groups excluding carboxylic acids is 1. The van der Waals surface area contributed by atoms with Crippen LogP contribution in [0.3, 0.4) is 0 Å². The van der Waals surface area contributed by atoms with Crippen LogP contribution in [-0.2, 0) is 0 Å². The molecular formula is C17H24BrFN2O. The van der Waals surface area contributed by atoms with Gasteiger partial charge in [-0.3, -0.25) is 4.79 Å². The highest BCUT2D eigenvalue weighted by Gasteiger charge is 2.17. The van der Waals surface area contributed by atoms with Crippen molar-refractivity contribution in [2.45, 2.75) is 45.1 Å². The molecule has 1 aliphatic rings. The fourth-order valence-corrected chi connectivity index (χ4v) is 3.26. The van der Waals surface area contributed by atoms with Gasteiger partial charge in [-0.05, 0) is 63.9 Å². The van der Waals surface area contributed by atoms with Gasteiger partial charge in [0.1, 0.15) is 5.82 Å². The minimum atomic E-state index is -0.483. The van der Waals surface area contributed by atoms with Gasteiger partial charge in [0.2, 0.25) is 0 Å². The van der Waals surface area contributed by atoms with Crippen LogP contribution in [0.5, 0.6) is 0 Å². The van der Waals surface area contributed by atoms with Crippen LogP contribution in [0, 0.1) is 5.82 Å². The van der Waals surface area contributed by atoms with Gasteiger partial charge in [-0.2, -0.15) is 0 Å². The average molecular weight is 371 g/mol. The lowest BCUT2D eigenvalue weighted by molar-refractivity contribution is 0.0947. The molecule has 0 saturated carbocycles. The number of benzene rings is 1. The molecule has 1 saturated heterocycles. The Bertz CT molecular complexity index is 509. The van der Waals surface area contributed by atoms with E-state index in [1.165, 1.54) is 37.9 Å². The number of halogens is 2. The Morgan fingerprint density at radius 3 is 3.00 bits per heavy atom. The van der Waals surface area contributed by atoms with Crippen LogP contribution in [-0.4, -0.2) is 36.5 Å². The van der Waals surface area contributed by atoms with Gasteiger partial charge < -0.3 is 10.2 Å². The molecule has 122 valence electrons. The van der Waals surface area contributed by atoms with Crippen molar-refractivity contribution in [1.29, 1.82) is 0 Å². The second kappa shape index (κ2) is 8.63. The maximum atomic E-state index is 13.6. The molecule has 0 bridgehead atoms. The highest BCUT2D eigenvalue weighted by molar-refractivity contribution is 9.10. The lowest BCUT2D eigenvalue weighted by atomic mass is 10.0. The number of amides is 1. The molecule has 0 aromatic heterocycles. The van der Waals surface area contributed by atoms with Gasteiger partial charge >= 0.3 is 0 Å². The summed E-state index contributed by atoms with van der Waals surface area (Å²) < 4.78 is 14.3. The van der Waals surface area contributed by atoms with Crippen LogP contribution in [0.1, 0.15) is 49.4 Å². The van der Waals surface area contributed by atoms with Gasteiger partial charge in [-0.25, -0.2) is 4.39 Å². The van der Waals surface area contributed by atoms with E-state index in [9.17, 15) is 9.18 Å². The number of nitrogens with zero attached hydrogens (tertiary/aromatic N) is 1. The first-order chi connectivity index (χ1) is 10.6. The predicted molar refractivity (Wildman–Crippen MR) is 90.6 cm³/mol. The van der Waals surface area contributed by atoms with E-state index in [4.69, 9.17) is 0 Å². The van der Waals surface area contributed by atoms with Gasteiger partial charge in [-0.1, -0.05) is 22.4 Å². The normalized spacial score (nSPS) is 19.1. The third-order valence-corrected chi connectivity index (χ3v) is 4.76. The first-order valence-electron chi connectivity index (χ1n) is 8.05. The molecule has 1 aromatic rings. The lowest BCUT2D eigenvalue weighted by Gasteiger charge is -2.33. The van der Waals surface area contributed by atoms with Crippen molar-refractivity contribution >= 4 is 21.8 Å². The Labute approximate surface area is 140 Å². The standard InChI is InChI=1S/C17H24BrFN2O/c1-13-6-2-4-10-21(13)11-5-3-9-20-17(22)15-12-14(18)7-8-16(15)19/h7-8,12-13H,2-6,9-11H2,1H3,(H,20,22)/t13-/m1/s1. The zero-order valence-corrected chi connectivity index (χ0v) is 14.7. The van der Waals surface area contributed by atoms with Crippen LogP contribution < -0.4 is 5.32 Å². The molecule has 1 N–H and O–H groups in total. The van der Waals surface area contributed by atoms with Crippen molar-refractivity contribution < 1.29 is 9.18 Å². The number of carbonyl (C=O) groups is 1. The fraction of sp³-hybridized carbons (Fsp3) is 0.588. The Morgan fingerprint density at radius 1 is 1.41 bits per heavy atom. The summed E-state index contributed by atoms with van der Waals surface area (Å²) in [6.07, 6.45) is 5.91. The average Bonchev–Trinajstić information content (AvgIpc) is 2.51. The van der Waals surface area contributed by atoms with Gasteiger partial charge in [0.25, 0.3) is 5.91 Å². The van der Waals surface area contributed by atoms with E-state index >= 15 is 0 Å². The highest BCUT2D eigenvalue weighted by Crippen LogP contribution is 2.17. The number of hydrogen-bond acceptors (Lipinski definition) is 2. The van der Waals surface area contributed by atoms with Crippen molar-refractivity contribution in [3.63, 3.8) is 0 Å². The molecule has 0 aliphatic carbocycles. The summed E-state index contributed by atoms with van der Waals surface area (Å²) in [4.78, 5) is 14.5. The smallest absolute Gasteiger partial charge is 0.254 e. The van der Waals surface area contributed by atoms with E-state index < -0.39 is 5.82 Å². The van der Waals surface area contributed by atoms with Crippen LogP contribution in [0.2, 0.25) is 0 Å². The summed E-state index contributed by atoms with van der Waals surface area (Å²) in [6.45, 7) is 5.16. The van der Waals surface area contributed by atoms with Crippen molar-refractivity contribution in [2.75, 3.05) is 19.6 Å². The topological polar surface area (TPSA) is 32.3 Å². The van der Waals surface area contributed by atoms with Gasteiger partial charge in [0.15, 0.2) is 0 Å². The molecule has 0 spiro atoms. The summed E-state index contributed by atoms with van der Waals surface area (Å²) in [5.74, 6) is -0.826. The fourth-order valence-electron chi connectivity index (χ4n) is 2.90. The number of likely N-dealkylation sites (tertiary alicyclic amines) is 1. The third-order valence-electron chi connectivity index (χ3n) is 4.27. The summed E-state index contributed by atoms with van der Waals surface area (Å²) >= 11 is 3.26. The number of rotatable bonds is 6. The van der Waals surface area contributed by atoms with Crippen LogP contribution in [0.4, 0.5) is 4.39 Å². The molecule has 0 radical (unpaired) electrons. The Hall–Kier alpha value is -0.940. The summed E-state index contributed by atoms with van der Waals surface area (Å²) in [6, 6.07) is 5.09. The molecule has 1 amide bonds. The Balaban J connectivity index is 1.68. The zero-order chi connectivity index (χ0) is 15.9. The summed E-state index contributed by atoms with van der Waals surface area (Å²) in [5.41, 5.74) is 0.0963. The predicted octanol–water partition coefficient (Wildman–Crippen LogP) is 3.97. The quantitative estimate of drug-likeness (QED) is 0.768. The van der Waals surface area contributed by atoms with Crippen molar-refractivity contribution in [2.24, 2.45) is 0 Å². The Morgan fingerprint density at radius 2 is 2.23 bits per heavy atom. The highest BCUT2D eigenvalue weighted by atomic mass is 79.9. The first-order valence-corrected chi connectivity index (χ1v) is 8.84. The second-order valence-electron chi connectivity index (χ2n) is 5.97. The maximum absolute atomic E-state index is 13.6. The lowest BCUT2D eigenvalue weighted by Crippen LogP contribution is -2.38. The number of unbranched alkanes of at least 4 members (excludes halogenated alkanes) is 1. The molecule has 1 atom stereocenters. The molecule has 1 aromatic carbocycles. The monoisotopic (exact) mass is 370 g/mol. The zero-order valence-electron chi connectivity index (χ0n) is 13.1. The van der Waals surface area contributed by atoms with Crippen molar-refractivity contribution in [3.05, 3.63) is 34.1 Å². The number of nitrogens with one attached hydrogen (secondary N) is 1. The minimum absolute atomic E-state index is 0.0963. The summed E-state index contributed by atoms with van der Waals surface area (Å²) in [7, 11) is 0. The van der Waals surface area contributed by atoms with Gasteiger partial charge in [0, 0.05) is 17.1 Å². The largest absolute Gasteiger partial charge is 0.352 e. The van der Waals surface area contributed by atoms with E-state index in [2.05, 4.69) is 33.1 Å². The molecular weight excluding hydrogens is 347 g/mol.